The van der Waals surface area contributed by atoms with E-state index >= 15 is 0 Å². The molecule has 1 atom stereocenters. The highest BCUT2D eigenvalue weighted by molar-refractivity contribution is 7.81. The Morgan fingerprint density at radius 1 is 1.50 bits per heavy atom. The molecule has 0 spiro atoms. The van der Waals surface area contributed by atoms with E-state index in [0.717, 1.165) is 5.56 Å². The van der Waals surface area contributed by atoms with Crippen LogP contribution in [0.2, 0.25) is 0 Å². The Kier molecular flexibility index (Phi) is 4.94. The topological polar surface area (TPSA) is 20.3 Å². The summed E-state index contributed by atoms with van der Waals surface area (Å²) < 4.78 is 0. The van der Waals surface area contributed by atoms with E-state index in [2.05, 4.69) is 18.5 Å². The second-order valence-electron chi connectivity index (χ2n) is 3.60. The Morgan fingerprint density at radius 3 is 2.69 bits per heavy atom. The lowest BCUT2D eigenvalue weighted by Gasteiger charge is -2.18. The lowest BCUT2D eigenvalue weighted by molar-refractivity contribution is -0.128. The maximum absolute atomic E-state index is 11.8. The molecule has 1 rings (SSSR count). The molecule has 0 heterocycles. The summed E-state index contributed by atoms with van der Waals surface area (Å²) in [5, 5.41) is -0.333. The molecule has 0 aromatic heterocycles. The van der Waals surface area contributed by atoms with Crippen molar-refractivity contribution in [2.45, 2.75) is 11.7 Å². The monoisotopic (exact) mass is 233 g/mol. The summed E-state index contributed by atoms with van der Waals surface area (Å²) >= 11 is 4.31. The molecule has 0 radical (unpaired) electrons. The van der Waals surface area contributed by atoms with Crippen LogP contribution >= 0.6 is 12.6 Å². The second kappa shape index (κ2) is 6.24. The minimum absolute atomic E-state index is 0.0369. The van der Waals surface area contributed by atoms with E-state index in [0.29, 0.717) is 13.0 Å². The molecular formula is C13H15NOS. The zero-order valence-corrected chi connectivity index (χ0v) is 10.2. The van der Waals surface area contributed by atoms with Gasteiger partial charge in [0.1, 0.15) is 0 Å². The minimum atomic E-state index is -0.333. The molecule has 0 aliphatic rings. The fraction of sp³-hybridized carbons (Fsp3) is 0.308. The number of thiol groups is 1. The van der Waals surface area contributed by atoms with Gasteiger partial charge in [0.15, 0.2) is 0 Å². The maximum atomic E-state index is 11.8. The van der Waals surface area contributed by atoms with E-state index in [4.69, 9.17) is 6.42 Å². The van der Waals surface area contributed by atoms with Gasteiger partial charge in [-0.15, -0.1) is 6.42 Å². The van der Waals surface area contributed by atoms with Gasteiger partial charge in [-0.1, -0.05) is 36.3 Å². The number of nitrogens with zero attached hydrogens (tertiary/aromatic N) is 1. The van der Waals surface area contributed by atoms with Gasteiger partial charge in [0.25, 0.3) is 0 Å². The van der Waals surface area contributed by atoms with E-state index in [-0.39, 0.29) is 11.2 Å². The largest absolute Gasteiger partial charge is 0.334 e. The summed E-state index contributed by atoms with van der Waals surface area (Å²) in [4.78, 5) is 13.3. The molecule has 0 aliphatic carbocycles. The smallest absolute Gasteiger partial charge is 0.236 e. The van der Waals surface area contributed by atoms with Crippen LogP contribution in [0.5, 0.6) is 0 Å². The maximum Gasteiger partial charge on any atom is 0.236 e. The van der Waals surface area contributed by atoms with Gasteiger partial charge in [-0.05, 0) is 12.0 Å². The average Bonchev–Trinajstić information content (AvgIpc) is 2.29. The van der Waals surface area contributed by atoms with Crippen molar-refractivity contribution in [2.24, 2.45) is 0 Å². The highest BCUT2D eigenvalue weighted by atomic mass is 32.1. The van der Waals surface area contributed by atoms with Gasteiger partial charge < -0.3 is 4.90 Å². The fourth-order valence-electron chi connectivity index (χ4n) is 1.39. The summed E-state index contributed by atoms with van der Waals surface area (Å²) in [6, 6.07) is 9.82. The van der Waals surface area contributed by atoms with E-state index in [1.165, 1.54) is 4.90 Å². The van der Waals surface area contributed by atoms with Crippen molar-refractivity contribution < 1.29 is 4.79 Å². The number of carbonyl (C=O) groups excluding carboxylic acids is 1. The van der Waals surface area contributed by atoms with Crippen molar-refractivity contribution >= 4 is 18.5 Å². The predicted octanol–water partition coefficient (Wildman–Crippen LogP) is 1.62. The van der Waals surface area contributed by atoms with Crippen LogP contribution in [0.3, 0.4) is 0 Å². The Labute approximate surface area is 102 Å². The lowest BCUT2D eigenvalue weighted by Crippen LogP contribution is -2.34. The second-order valence-corrected chi connectivity index (χ2v) is 4.23. The number of rotatable bonds is 4. The van der Waals surface area contributed by atoms with Crippen LogP contribution in [-0.2, 0) is 11.2 Å². The molecule has 1 amide bonds. The summed E-state index contributed by atoms with van der Waals surface area (Å²) in [6.45, 7) is 0.324. The van der Waals surface area contributed by atoms with Gasteiger partial charge >= 0.3 is 0 Å². The molecular weight excluding hydrogens is 218 g/mol. The fourth-order valence-corrected chi connectivity index (χ4v) is 1.80. The number of amides is 1. The lowest BCUT2D eigenvalue weighted by atomic mass is 10.1. The first-order chi connectivity index (χ1) is 7.65. The molecule has 3 heteroatoms. The molecule has 1 aromatic rings. The van der Waals surface area contributed by atoms with Gasteiger partial charge in [0.2, 0.25) is 5.91 Å². The van der Waals surface area contributed by atoms with Crippen LogP contribution in [0.15, 0.2) is 30.3 Å². The van der Waals surface area contributed by atoms with Crippen molar-refractivity contribution in [3.63, 3.8) is 0 Å². The predicted molar refractivity (Wildman–Crippen MR) is 69.4 cm³/mol. The molecule has 0 bridgehead atoms. The molecule has 0 N–H and O–H groups in total. The number of carbonyl (C=O) groups is 1. The summed E-state index contributed by atoms with van der Waals surface area (Å²) in [6.07, 6.45) is 5.77. The molecule has 1 unspecified atom stereocenters. The van der Waals surface area contributed by atoms with Gasteiger partial charge in [0.05, 0.1) is 11.8 Å². The summed E-state index contributed by atoms with van der Waals surface area (Å²) in [5.41, 5.74) is 1.10. The number of terminal acetylenes is 1. The van der Waals surface area contributed by atoms with Gasteiger partial charge in [-0.3, -0.25) is 4.79 Å². The molecule has 2 nitrogen and oxygen atoms in total. The van der Waals surface area contributed by atoms with Crippen LogP contribution in [0.25, 0.3) is 0 Å². The van der Waals surface area contributed by atoms with Gasteiger partial charge in [-0.2, -0.15) is 12.6 Å². The SMILES string of the molecule is C#CCN(C)C(=O)C(S)Cc1ccccc1. The third-order valence-corrected chi connectivity index (χ3v) is 2.67. The Morgan fingerprint density at radius 2 is 2.12 bits per heavy atom. The van der Waals surface area contributed by atoms with Crippen LogP contribution < -0.4 is 0 Å². The molecule has 0 aliphatic heterocycles. The van der Waals surface area contributed by atoms with Gasteiger partial charge in [0, 0.05) is 7.05 Å². The Bertz CT molecular complexity index is 383. The third kappa shape index (κ3) is 3.63. The number of hydrogen-bond donors (Lipinski definition) is 1. The molecule has 16 heavy (non-hydrogen) atoms. The number of hydrogen-bond acceptors (Lipinski definition) is 2. The first-order valence-corrected chi connectivity index (χ1v) is 5.57. The zero-order chi connectivity index (χ0) is 12.0. The van der Waals surface area contributed by atoms with Crippen molar-refractivity contribution in [2.75, 3.05) is 13.6 Å². The van der Waals surface area contributed by atoms with E-state index in [9.17, 15) is 4.79 Å². The minimum Gasteiger partial charge on any atom is -0.334 e. The highest BCUT2D eigenvalue weighted by Crippen LogP contribution is 2.09. The third-order valence-electron chi connectivity index (χ3n) is 2.26. The van der Waals surface area contributed by atoms with Gasteiger partial charge in [-0.25, -0.2) is 0 Å². The Hall–Kier alpha value is -1.40. The van der Waals surface area contributed by atoms with Crippen molar-refractivity contribution in [3.8, 4) is 12.3 Å². The van der Waals surface area contributed by atoms with E-state index in [1.54, 1.807) is 7.05 Å². The summed E-state index contributed by atoms with van der Waals surface area (Å²) in [5.74, 6) is 2.40. The van der Waals surface area contributed by atoms with E-state index < -0.39 is 0 Å². The summed E-state index contributed by atoms with van der Waals surface area (Å²) in [7, 11) is 1.69. The first kappa shape index (κ1) is 12.7. The van der Waals surface area contributed by atoms with Crippen molar-refractivity contribution in [3.05, 3.63) is 35.9 Å². The first-order valence-electron chi connectivity index (χ1n) is 5.05. The standard InChI is InChI=1S/C13H15NOS/c1-3-9-14(2)13(15)12(16)10-11-7-5-4-6-8-11/h1,4-8,12,16H,9-10H2,2H3. The molecule has 84 valence electrons. The molecule has 0 saturated heterocycles. The van der Waals surface area contributed by atoms with Crippen LogP contribution in [0, 0.1) is 12.3 Å². The van der Waals surface area contributed by atoms with Crippen molar-refractivity contribution in [1.82, 2.24) is 4.90 Å². The highest BCUT2D eigenvalue weighted by Gasteiger charge is 2.17. The zero-order valence-electron chi connectivity index (χ0n) is 9.26. The molecule has 1 aromatic carbocycles. The van der Waals surface area contributed by atoms with E-state index in [1.807, 2.05) is 30.3 Å². The normalized spacial score (nSPS) is 11.6. The molecule has 0 fully saturated rings. The van der Waals surface area contributed by atoms with Crippen molar-refractivity contribution in [1.29, 1.82) is 0 Å². The van der Waals surface area contributed by atoms with Crippen LogP contribution in [0.1, 0.15) is 5.56 Å². The Balaban J connectivity index is 2.56. The van der Waals surface area contributed by atoms with Crippen LogP contribution in [-0.4, -0.2) is 29.6 Å². The van der Waals surface area contributed by atoms with Crippen LogP contribution in [0.4, 0.5) is 0 Å². The number of benzene rings is 1. The quantitative estimate of drug-likeness (QED) is 0.619. The molecule has 0 saturated carbocycles. The average molecular weight is 233 g/mol.